The van der Waals surface area contributed by atoms with Crippen LogP contribution in [0.15, 0.2) is 18.2 Å². The number of nitrogen functional groups attached to an aromatic ring is 1. The van der Waals surface area contributed by atoms with Crippen molar-refractivity contribution in [2.75, 3.05) is 31.9 Å². The lowest BCUT2D eigenvalue weighted by Gasteiger charge is -2.27. The van der Waals surface area contributed by atoms with Gasteiger partial charge in [-0.05, 0) is 24.1 Å². The smallest absolute Gasteiger partial charge is 0.222 e. The second-order valence-corrected chi connectivity index (χ2v) is 4.52. The third kappa shape index (κ3) is 3.13. The Kier molecular flexibility index (Phi) is 4.04. The number of rotatable bonds is 3. The minimum Gasteiger partial charge on any atom is -0.506 e. The minimum absolute atomic E-state index is 0.0900. The van der Waals surface area contributed by atoms with Crippen molar-refractivity contribution in [3.8, 4) is 5.75 Å². The van der Waals surface area contributed by atoms with E-state index < -0.39 is 0 Å². The number of carbonyl (C=O) groups is 1. The Morgan fingerprint density at radius 1 is 1.39 bits per heavy atom. The average molecular weight is 249 g/mol. The van der Waals surface area contributed by atoms with Crippen molar-refractivity contribution in [2.24, 2.45) is 0 Å². The third-order valence-corrected chi connectivity index (χ3v) is 3.19. The normalized spacial score (nSPS) is 15.7. The first kappa shape index (κ1) is 12.7. The fourth-order valence-electron chi connectivity index (χ4n) is 2.08. The Hall–Kier alpha value is -1.75. The van der Waals surface area contributed by atoms with Crippen LogP contribution < -0.4 is 11.1 Å². The number of hydrogen-bond acceptors (Lipinski definition) is 4. The van der Waals surface area contributed by atoms with Gasteiger partial charge < -0.3 is 21.1 Å². The van der Waals surface area contributed by atoms with Gasteiger partial charge in [0.15, 0.2) is 0 Å². The third-order valence-electron chi connectivity index (χ3n) is 3.19. The van der Waals surface area contributed by atoms with Gasteiger partial charge in [0.25, 0.3) is 0 Å². The number of aromatic hydroxyl groups is 1. The molecule has 2 rings (SSSR count). The number of carbonyl (C=O) groups excluding carboxylic acids is 1. The molecular formula is C13H19N3O2. The SMILES string of the molecule is Nc1cc(CCC(=O)N2CCNCC2)ccc1O. The summed E-state index contributed by atoms with van der Waals surface area (Å²) >= 11 is 0. The number of piperazine rings is 1. The first-order valence-corrected chi connectivity index (χ1v) is 6.22. The number of aryl methyl sites for hydroxylation is 1. The van der Waals surface area contributed by atoms with Gasteiger partial charge in [-0.3, -0.25) is 4.79 Å². The Bertz CT molecular complexity index is 428. The molecule has 5 nitrogen and oxygen atoms in total. The molecule has 0 bridgehead atoms. The molecule has 1 aromatic carbocycles. The summed E-state index contributed by atoms with van der Waals surface area (Å²) < 4.78 is 0. The van der Waals surface area contributed by atoms with E-state index in [0.717, 1.165) is 31.7 Å². The van der Waals surface area contributed by atoms with Crippen LogP contribution in [-0.2, 0) is 11.2 Å². The molecule has 1 fully saturated rings. The Morgan fingerprint density at radius 3 is 2.78 bits per heavy atom. The highest BCUT2D eigenvalue weighted by molar-refractivity contribution is 5.76. The van der Waals surface area contributed by atoms with Crippen molar-refractivity contribution < 1.29 is 9.90 Å². The van der Waals surface area contributed by atoms with Crippen molar-refractivity contribution in [3.05, 3.63) is 23.8 Å². The van der Waals surface area contributed by atoms with Gasteiger partial charge in [-0.1, -0.05) is 6.07 Å². The minimum atomic E-state index is 0.0900. The molecule has 0 atom stereocenters. The number of nitrogens with zero attached hydrogens (tertiary/aromatic N) is 1. The van der Waals surface area contributed by atoms with Gasteiger partial charge in [-0.2, -0.15) is 0 Å². The number of phenolic OH excluding ortho intramolecular Hbond substituents is 1. The molecule has 18 heavy (non-hydrogen) atoms. The van der Waals surface area contributed by atoms with Crippen molar-refractivity contribution in [3.63, 3.8) is 0 Å². The van der Waals surface area contributed by atoms with E-state index in [4.69, 9.17) is 5.73 Å². The summed E-state index contributed by atoms with van der Waals surface area (Å²) in [5.74, 6) is 0.273. The molecule has 0 aliphatic carbocycles. The number of nitrogens with two attached hydrogens (primary N) is 1. The predicted octanol–water partition coefficient (Wildman–Crippen LogP) is 0.339. The molecule has 1 heterocycles. The van der Waals surface area contributed by atoms with Crippen LogP contribution in [0.4, 0.5) is 5.69 Å². The van der Waals surface area contributed by atoms with E-state index in [1.165, 1.54) is 0 Å². The number of hydrogen-bond donors (Lipinski definition) is 3. The van der Waals surface area contributed by atoms with Gasteiger partial charge >= 0.3 is 0 Å². The lowest BCUT2D eigenvalue weighted by atomic mass is 10.1. The van der Waals surface area contributed by atoms with Crippen LogP contribution in [0.2, 0.25) is 0 Å². The maximum Gasteiger partial charge on any atom is 0.222 e. The maximum atomic E-state index is 11.9. The van der Waals surface area contributed by atoms with Gasteiger partial charge in [0.1, 0.15) is 5.75 Å². The van der Waals surface area contributed by atoms with E-state index in [1.807, 2.05) is 4.90 Å². The molecule has 0 spiro atoms. The molecule has 98 valence electrons. The lowest BCUT2D eigenvalue weighted by Crippen LogP contribution is -2.46. The molecule has 1 aromatic rings. The summed E-state index contributed by atoms with van der Waals surface area (Å²) in [6, 6.07) is 5.09. The lowest BCUT2D eigenvalue weighted by molar-refractivity contribution is -0.131. The van der Waals surface area contributed by atoms with Crippen molar-refractivity contribution in [1.29, 1.82) is 0 Å². The average Bonchev–Trinajstić information content (AvgIpc) is 2.41. The van der Waals surface area contributed by atoms with Gasteiger partial charge in [-0.15, -0.1) is 0 Å². The van der Waals surface area contributed by atoms with Crippen LogP contribution in [0.1, 0.15) is 12.0 Å². The van der Waals surface area contributed by atoms with Crippen molar-refractivity contribution >= 4 is 11.6 Å². The zero-order valence-corrected chi connectivity index (χ0v) is 10.4. The monoisotopic (exact) mass is 249 g/mol. The predicted molar refractivity (Wildman–Crippen MR) is 70.3 cm³/mol. The fraction of sp³-hybridized carbons (Fsp3) is 0.462. The topological polar surface area (TPSA) is 78.6 Å². The molecule has 0 saturated carbocycles. The van der Waals surface area contributed by atoms with Gasteiger partial charge in [0.05, 0.1) is 5.69 Å². The van der Waals surface area contributed by atoms with E-state index in [1.54, 1.807) is 18.2 Å². The highest BCUT2D eigenvalue weighted by Crippen LogP contribution is 2.21. The van der Waals surface area contributed by atoms with Gasteiger partial charge in [0.2, 0.25) is 5.91 Å². The summed E-state index contributed by atoms with van der Waals surface area (Å²) in [5.41, 5.74) is 6.96. The molecule has 4 N–H and O–H groups in total. The molecular weight excluding hydrogens is 230 g/mol. The summed E-state index contributed by atoms with van der Waals surface area (Å²) in [6.07, 6.45) is 1.15. The number of phenols is 1. The number of anilines is 1. The van der Waals surface area contributed by atoms with Crippen LogP contribution in [0.5, 0.6) is 5.75 Å². The first-order valence-electron chi connectivity index (χ1n) is 6.22. The second kappa shape index (κ2) is 5.73. The molecule has 0 unspecified atom stereocenters. The zero-order chi connectivity index (χ0) is 13.0. The summed E-state index contributed by atoms with van der Waals surface area (Å²) in [6.45, 7) is 3.32. The van der Waals surface area contributed by atoms with Crippen LogP contribution in [0, 0.1) is 0 Å². The number of benzene rings is 1. The zero-order valence-electron chi connectivity index (χ0n) is 10.4. The first-order chi connectivity index (χ1) is 8.66. The van der Waals surface area contributed by atoms with Crippen LogP contribution in [-0.4, -0.2) is 42.1 Å². The summed E-state index contributed by atoms with van der Waals surface area (Å²) in [4.78, 5) is 13.8. The molecule has 1 amide bonds. The second-order valence-electron chi connectivity index (χ2n) is 4.52. The molecule has 0 radical (unpaired) electrons. The Labute approximate surface area is 107 Å². The molecule has 1 aliphatic heterocycles. The van der Waals surface area contributed by atoms with E-state index in [2.05, 4.69) is 5.32 Å². The van der Waals surface area contributed by atoms with Crippen LogP contribution in [0.25, 0.3) is 0 Å². The Balaban J connectivity index is 1.86. The highest BCUT2D eigenvalue weighted by atomic mass is 16.3. The molecule has 5 heteroatoms. The van der Waals surface area contributed by atoms with E-state index in [0.29, 0.717) is 18.5 Å². The van der Waals surface area contributed by atoms with Crippen LogP contribution in [0.3, 0.4) is 0 Å². The Morgan fingerprint density at radius 2 is 2.11 bits per heavy atom. The molecule has 1 aliphatic rings. The molecule has 0 aromatic heterocycles. The van der Waals surface area contributed by atoms with Crippen LogP contribution >= 0.6 is 0 Å². The largest absolute Gasteiger partial charge is 0.506 e. The standard InChI is InChI=1S/C13H19N3O2/c14-11-9-10(1-3-12(11)17)2-4-13(18)16-7-5-15-6-8-16/h1,3,9,15,17H,2,4-8,14H2. The van der Waals surface area contributed by atoms with E-state index >= 15 is 0 Å². The van der Waals surface area contributed by atoms with Crippen molar-refractivity contribution in [2.45, 2.75) is 12.8 Å². The quantitative estimate of drug-likeness (QED) is 0.533. The van der Waals surface area contributed by atoms with Gasteiger partial charge in [0, 0.05) is 32.6 Å². The van der Waals surface area contributed by atoms with Gasteiger partial charge in [-0.25, -0.2) is 0 Å². The van der Waals surface area contributed by atoms with Crippen molar-refractivity contribution in [1.82, 2.24) is 10.2 Å². The maximum absolute atomic E-state index is 11.9. The molecule has 1 saturated heterocycles. The van der Waals surface area contributed by atoms with E-state index in [-0.39, 0.29) is 11.7 Å². The number of amides is 1. The highest BCUT2D eigenvalue weighted by Gasteiger charge is 2.15. The number of nitrogens with one attached hydrogen (secondary N) is 1. The van der Waals surface area contributed by atoms with E-state index in [9.17, 15) is 9.90 Å². The fourth-order valence-corrected chi connectivity index (χ4v) is 2.08. The summed E-state index contributed by atoms with van der Waals surface area (Å²) in [7, 11) is 0. The summed E-state index contributed by atoms with van der Waals surface area (Å²) in [5, 5.41) is 12.5.